The van der Waals surface area contributed by atoms with Crippen LogP contribution in [0.1, 0.15) is 32.3 Å². The molecule has 1 saturated carbocycles. The van der Waals surface area contributed by atoms with Crippen LogP contribution in [0.25, 0.3) is 0 Å². The molecule has 3 heteroatoms. The number of rotatable bonds is 8. The molecular formula is C17H28N2O. The fraction of sp³-hybridized carbons (Fsp3) is 0.647. The van der Waals surface area contributed by atoms with Crippen LogP contribution >= 0.6 is 0 Å². The normalized spacial score (nSPS) is 15.8. The van der Waals surface area contributed by atoms with Gasteiger partial charge in [0, 0.05) is 30.8 Å². The van der Waals surface area contributed by atoms with Crippen molar-refractivity contribution in [3.05, 3.63) is 29.8 Å². The number of anilines is 1. The third kappa shape index (κ3) is 4.80. The summed E-state index contributed by atoms with van der Waals surface area (Å²) in [6.07, 6.45) is 2.72. The van der Waals surface area contributed by atoms with Crippen LogP contribution in [0.2, 0.25) is 0 Å². The first kappa shape index (κ1) is 15.3. The van der Waals surface area contributed by atoms with Gasteiger partial charge >= 0.3 is 0 Å². The van der Waals surface area contributed by atoms with E-state index in [0.29, 0.717) is 0 Å². The molecule has 0 heterocycles. The second kappa shape index (κ2) is 6.59. The predicted molar refractivity (Wildman–Crippen MR) is 84.9 cm³/mol. The Morgan fingerprint density at radius 1 is 1.25 bits per heavy atom. The number of nitrogens with zero attached hydrogens (tertiary/aromatic N) is 1. The second-order valence-corrected chi connectivity index (χ2v) is 6.76. The first-order valence-corrected chi connectivity index (χ1v) is 7.60. The molecule has 0 bridgehead atoms. The number of nitrogens with two attached hydrogens (primary N) is 1. The van der Waals surface area contributed by atoms with Crippen molar-refractivity contribution in [2.24, 2.45) is 5.92 Å². The number of likely N-dealkylation sites (N-methyl/N-ethyl adjacent to an activating group) is 1. The van der Waals surface area contributed by atoms with Gasteiger partial charge in [-0.1, -0.05) is 26.0 Å². The van der Waals surface area contributed by atoms with E-state index in [0.717, 1.165) is 37.9 Å². The summed E-state index contributed by atoms with van der Waals surface area (Å²) in [5, 5.41) is 0. The Balaban J connectivity index is 1.75. The maximum absolute atomic E-state index is 5.75. The SMILES string of the molecule is CN(CCOCC1CC1)CC(C)(C)c1ccc(N)cc1. The van der Waals surface area contributed by atoms with Crippen molar-refractivity contribution < 1.29 is 4.74 Å². The summed E-state index contributed by atoms with van der Waals surface area (Å²) in [4.78, 5) is 2.35. The average Bonchev–Trinajstić information content (AvgIpc) is 3.18. The third-order valence-corrected chi connectivity index (χ3v) is 4.03. The number of hydrogen-bond donors (Lipinski definition) is 1. The first-order valence-electron chi connectivity index (χ1n) is 7.60. The van der Waals surface area contributed by atoms with E-state index in [-0.39, 0.29) is 5.41 Å². The average molecular weight is 276 g/mol. The molecule has 112 valence electrons. The summed E-state index contributed by atoms with van der Waals surface area (Å²) in [5.74, 6) is 0.853. The second-order valence-electron chi connectivity index (χ2n) is 6.76. The molecule has 0 radical (unpaired) electrons. The molecule has 1 aliphatic rings. The largest absolute Gasteiger partial charge is 0.399 e. The standard InChI is InChI=1S/C17H28N2O/c1-17(2,15-6-8-16(18)9-7-15)13-19(3)10-11-20-12-14-4-5-14/h6-9,14H,4-5,10-13,18H2,1-3H3. The van der Waals surface area contributed by atoms with E-state index in [1.54, 1.807) is 0 Å². The predicted octanol–water partition coefficient (Wildman–Crippen LogP) is 2.90. The topological polar surface area (TPSA) is 38.5 Å². The van der Waals surface area contributed by atoms with Crippen molar-refractivity contribution >= 4 is 5.69 Å². The van der Waals surface area contributed by atoms with Gasteiger partial charge in [0.15, 0.2) is 0 Å². The molecule has 1 fully saturated rings. The Bertz CT molecular complexity index is 410. The Hall–Kier alpha value is -1.06. The minimum absolute atomic E-state index is 0.124. The van der Waals surface area contributed by atoms with Crippen LogP contribution in [0.5, 0.6) is 0 Å². The van der Waals surface area contributed by atoms with Crippen molar-refractivity contribution in [1.82, 2.24) is 4.90 Å². The Labute approximate surface area is 123 Å². The van der Waals surface area contributed by atoms with Gasteiger partial charge in [-0.2, -0.15) is 0 Å². The van der Waals surface area contributed by atoms with Gasteiger partial charge in [0.1, 0.15) is 0 Å². The van der Waals surface area contributed by atoms with Gasteiger partial charge in [0.25, 0.3) is 0 Å². The molecule has 3 nitrogen and oxygen atoms in total. The number of ether oxygens (including phenoxy) is 1. The zero-order valence-corrected chi connectivity index (χ0v) is 13.1. The lowest BCUT2D eigenvalue weighted by molar-refractivity contribution is 0.0984. The quantitative estimate of drug-likeness (QED) is 0.586. The zero-order valence-electron chi connectivity index (χ0n) is 13.1. The lowest BCUT2D eigenvalue weighted by atomic mass is 9.84. The van der Waals surface area contributed by atoms with Crippen molar-refractivity contribution in [2.45, 2.75) is 32.1 Å². The first-order chi connectivity index (χ1) is 9.47. The molecule has 0 saturated heterocycles. The van der Waals surface area contributed by atoms with E-state index >= 15 is 0 Å². The van der Waals surface area contributed by atoms with Gasteiger partial charge in [0.05, 0.1) is 6.61 Å². The van der Waals surface area contributed by atoms with Gasteiger partial charge in [0.2, 0.25) is 0 Å². The molecule has 0 unspecified atom stereocenters. The van der Waals surface area contributed by atoms with Crippen LogP contribution in [0.15, 0.2) is 24.3 Å². The van der Waals surface area contributed by atoms with Crippen LogP contribution in [0.3, 0.4) is 0 Å². The summed E-state index contributed by atoms with van der Waals surface area (Å²) in [7, 11) is 2.17. The smallest absolute Gasteiger partial charge is 0.0593 e. The number of nitrogen functional groups attached to an aromatic ring is 1. The molecule has 2 N–H and O–H groups in total. The number of hydrogen-bond acceptors (Lipinski definition) is 3. The highest BCUT2D eigenvalue weighted by Crippen LogP contribution is 2.28. The highest BCUT2D eigenvalue weighted by atomic mass is 16.5. The van der Waals surface area contributed by atoms with Crippen molar-refractivity contribution in [1.29, 1.82) is 0 Å². The summed E-state index contributed by atoms with van der Waals surface area (Å²) >= 11 is 0. The molecule has 20 heavy (non-hydrogen) atoms. The van der Waals surface area contributed by atoms with E-state index in [1.807, 2.05) is 12.1 Å². The maximum atomic E-state index is 5.75. The minimum Gasteiger partial charge on any atom is -0.399 e. The van der Waals surface area contributed by atoms with E-state index in [1.165, 1.54) is 18.4 Å². The van der Waals surface area contributed by atoms with Crippen molar-refractivity contribution in [3.8, 4) is 0 Å². The molecular weight excluding hydrogens is 248 g/mol. The zero-order chi connectivity index (χ0) is 14.6. The molecule has 2 rings (SSSR count). The van der Waals surface area contributed by atoms with Crippen LogP contribution in [0, 0.1) is 5.92 Å². The van der Waals surface area contributed by atoms with Gasteiger partial charge in [-0.05, 0) is 43.5 Å². The Kier molecular flexibility index (Phi) is 5.06. The van der Waals surface area contributed by atoms with E-state index in [9.17, 15) is 0 Å². The summed E-state index contributed by atoms with van der Waals surface area (Å²) in [6.45, 7) is 8.36. The van der Waals surface area contributed by atoms with Gasteiger partial charge in [-0.25, -0.2) is 0 Å². The highest BCUT2D eigenvalue weighted by molar-refractivity contribution is 5.41. The fourth-order valence-corrected chi connectivity index (χ4v) is 2.53. The van der Waals surface area contributed by atoms with Crippen LogP contribution in [0.4, 0.5) is 5.69 Å². The Morgan fingerprint density at radius 3 is 2.50 bits per heavy atom. The van der Waals surface area contributed by atoms with Gasteiger partial charge < -0.3 is 15.4 Å². The van der Waals surface area contributed by atoms with Crippen molar-refractivity contribution in [2.75, 3.05) is 39.1 Å². The monoisotopic (exact) mass is 276 g/mol. The molecule has 0 aliphatic heterocycles. The molecule has 0 spiro atoms. The summed E-state index contributed by atoms with van der Waals surface area (Å²) in [5.41, 5.74) is 8.04. The van der Waals surface area contributed by atoms with E-state index in [2.05, 4.69) is 37.9 Å². The number of benzene rings is 1. The van der Waals surface area contributed by atoms with Crippen LogP contribution in [-0.4, -0.2) is 38.3 Å². The maximum Gasteiger partial charge on any atom is 0.0593 e. The Morgan fingerprint density at radius 2 is 1.90 bits per heavy atom. The summed E-state index contributed by atoms with van der Waals surface area (Å²) in [6, 6.07) is 8.23. The van der Waals surface area contributed by atoms with Crippen LogP contribution in [-0.2, 0) is 10.2 Å². The minimum atomic E-state index is 0.124. The molecule has 0 aromatic heterocycles. The lowest BCUT2D eigenvalue weighted by Crippen LogP contribution is -2.36. The van der Waals surface area contributed by atoms with Crippen LogP contribution < -0.4 is 5.73 Å². The molecule has 0 atom stereocenters. The molecule has 0 amide bonds. The van der Waals surface area contributed by atoms with Gasteiger partial charge in [-0.15, -0.1) is 0 Å². The lowest BCUT2D eigenvalue weighted by Gasteiger charge is -2.31. The molecule has 1 aromatic rings. The fourth-order valence-electron chi connectivity index (χ4n) is 2.53. The van der Waals surface area contributed by atoms with E-state index in [4.69, 9.17) is 10.5 Å². The van der Waals surface area contributed by atoms with E-state index < -0.39 is 0 Å². The molecule has 1 aromatic carbocycles. The highest BCUT2D eigenvalue weighted by Gasteiger charge is 2.23. The third-order valence-electron chi connectivity index (χ3n) is 4.03. The van der Waals surface area contributed by atoms with Crippen molar-refractivity contribution in [3.63, 3.8) is 0 Å². The van der Waals surface area contributed by atoms with Gasteiger partial charge in [-0.3, -0.25) is 0 Å². The summed E-state index contributed by atoms with van der Waals surface area (Å²) < 4.78 is 5.71. The molecule has 1 aliphatic carbocycles.